The fourth-order valence-corrected chi connectivity index (χ4v) is 2.76. The van der Waals surface area contributed by atoms with Gasteiger partial charge in [-0.15, -0.1) is 11.3 Å². The van der Waals surface area contributed by atoms with Crippen molar-refractivity contribution in [3.8, 4) is 5.75 Å². The molecule has 2 N–H and O–H groups in total. The maximum Gasteiger partial charge on any atom is 0.191 e. The van der Waals surface area contributed by atoms with E-state index < -0.39 is 0 Å². The van der Waals surface area contributed by atoms with E-state index in [4.69, 9.17) is 4.74 Å². The van der Waals surface area contributed by atoms with E-state index in [0.717, 1.165) is 10.7 Å². The Morgan fingerprint density at radius 2 is 2.17 bits per heavy atom. The second-order valence-corrected chi connectivity index (χ2v) is 6.20. The summed E-state index contributed by atoms with van der Waals surface area (Å²) in [4.78, 5) is 9.85. The van der Waals surface area contributed by atoms with Crippen LogP contribution in [-0.4, -0.2) is 31.1 Å². The smallest absolute Gasteiger partial charge is 0.191 e. The van der Waals surface area contributed by atoms with Crippen molar-refractivity contribution in [2.45, 2.75) is 20.4 Å². The Labute approximate surface area is 139 Å². The van der Waals surface area contributed by atoms with Crippen LogP contribution < -0.4 is 15.4 Å². The summed E-state index contributed by atoms with van der Waals surface area (Å²) in [6.07, 6.45) is 0. The number of guanidine groups is 1. The van der Waals surface area contributed by atoms with Gasteiger partial charge in [-0.05, 0) is 26.0 Å². The highest BCUT2D eigenvalue weighted by Crippen LogP contribution is 2.15. The number of nitrogens with zero attached hydrogens (tertiary/aromatic N) is 2. The van der Waals surface area contributed by atoms with Crippen LogP contribution in [0.1, 0.15) is 15.6 Å². The van der Waals surface area contributed by atoms with E-state index in [1.165, 1.54) is 17.0 Å². The molecule has 124 valence electrons. The number of aromatic nitrogens is 1. The van der Waals surface area contributed by atoms with E-state index in [0.29, 0.717) is 31.4 Å². The van der Waals surface area contributed by atoms with Crippen molar-refractivity contribution in [2.75, 3.05) is 20.2 Å². The zero-order valence-electron chi connectivity index (χ0n) is 13.5. The first-order valence-corrected chi connectivity index (χ1v) is 8.16. The van der Waals surface area contributed by atoms with Crippen LogP contribution in [0, 0.1) is 19.7 Å². The molecule has 0 aliphatic rings. The third-order valence-electron chi connectivity index (χ3n) is 3.16. The van der Waals surface area contributed by atoms with Crippen molar-refractivity contribution < 1.29 is 9.13 Å². The maximum atomic E-state index is 13.0. The van der Waals surface area contributed by atoms with E-state index in [1.54, 1.807) is 30.5 Å². The third-order valence-corrected chi connectivity index (χ3v) is 4.24. The summed E-state index contributed by atoms with van der Waals surface area (Å²) in [7, 11) is 1.71. The predicted octanol–water partition coefficient (Wildman–Crippen LogP) is 2.64. The molecule has 1 aromatic carbocycles. The largest absolute Gasteiger partial charge is 0.492 e. The number of thiazole rings is 1. The zero-order valence-corrected chi connectivity index (χ0v) is 14.3. The molecule has 0 saturated heterocycles. The molecule has 0 unspecified atom stereocenters. The van der Waals surface area contributed by atoms with Gasteiger partial charge >= 0.3 is 0 Å². The molecule has 0 radical (unpaired) electrons. The number of hydrogen-bond donors (Lipinski definition) is 2. The van der Waals surface area contributed by atoms with Crippen LogP contribution in [-0.2, 0) is 6.54 Å². The van der Waals surface area contributed by atoms with Crippen molar-refractivity contribution in [1.82, 2.24) is 15.6 Å². The first-order valence-electron chi connectivity index (χ1n) is 7.34. The van der Waals surface area contributed by atoms with Gasteiger partial charge in [0.2, 0.25) is 0 Å². The van der Waals surface area contributed by atoms with Crippen molar-refractivity contribution in [3.63, 3.8) is 0 Å². The van der Waals surface area contributed by atoms with Gasteiger partial charge in [-0.1, -0.05) is 6.07 Å². The standard InChI is InChI=1S/C16H21FN4OS/c1-11-12(2)23-15(21-11)10-20-16(18-3)19-7-8-22-14-6-4-5-13(17)9-14/h4-6,9H,7-8,10H2,1-3H3,(H2,18,19,20). The number of aryl methyl sites for hydroxylation is 2. The van der Waals surface area contributed by atoms with Crippen LogP contribution in [0.4, 0.5) is 4.39 Å². The van der Waals surface area contributed by atoms with Crippen LogP contribution in [0.2, 0.25) is 0 Å². The Morgan fingerprint density at radius 3 is 2.83 bits per heavy atom. The molecule has 1 heterocycles. The molecule has 5 nitrogen and oxygen atoms in total. The van der Waals surface area contributed by atoms with Crippen molar-refractivity contribution in [1.29, 1.82) is 0 Å². The fraction of sp³-hybridized carbons (Fsp3) is 0.375. The molecular weight excluding hydrogens is 315 g/mol. The van der Waals surface area contributed by atoms with Gasteiger partial charge in [-0.3, -0.25) is 4.99 Å². The first kappa shape index (κ1) is 17.2. The molecule has 2 rings (SSSR count). The van der Waals surface area contributed by atoms with Gasteiger partial charge in [0.25, 0.3) is 0 Å². The normalized spacial score (nSPS) is 11.4. The van der Waals surface area contributed by atoms with Crippen LogP contribution >= 0.6 is 11.3 Å². The lowest BCUT2D eigenvalue weighted by Gasteiger charge is -2.11. The van der Waals surface area contributed by atoms with Gasteiger partial charge in [-0.25, -0.2) is 9.37 Å². The number of ether oxygens (including phenoxy) is 1. The minimum absolute atomic E-state index is 0.304. The number of rotatable bonds is 6. The number of halogens is 1. The fourth-order valence-electron chi connectivity index (χ4n) is 1.89. The summed E-state index contributed by atoms with van der Waals surface area (Å²) in [6, 6.07) is 6.10. The van der Waals surface area contributed by atoms with Gasteiger partial charge in [-0.2, -0.15) is 0 Å². The second kappa shape index (κ2) is 8.47. The number of nitrogens with one attached hydrogen (secondary N) is 2. The van der Waals surface area contributed by atoms with Crippen LogP contribution in [0.5, 0.6) is 5.75 Å². The van der Waals surface area contributed by atoms with Crippen molar-refractivity contribution in [3.05, 3.63) is 45.7 Å². The molecule has 0 saturated carbocycles. The van der Waals surface area contributed by atoms with E-state index in [2.05, 4.69) is 27.5 Å². The predicted molar refractivity (Wildman–Crippen MR) is 91.7 cm³/mol. The topological polar surface area (TPSA) is 58.5 Å². The molecule has 2 aromatic rings. The van der Waals surface area contributed by atoms with Crippen molar-refractivity contribution in [2.24, 2.45) is 4.99 Å². The van der Waals surface area contributed by atoms with Gasteiger partial charge in [0, 0.05) is 18.0 Å². The van der Waals surface area contributed by atoms with Gasteiger partial charge in [0.1, 0.15) is 23.2 Å². The van der Waals surface area contributed by atoms with Gasteiger partial charge in [0.15, 0.2) is 5.96 Å². The summed E-state index contributed by atoms with van der Waals surface area (Å²) in [5.41, 5.74) is 1.07. The third kappa shape index (κ3) is 5.52. The SMILES string of the molecule is CN=C(NCCOc1cccc(F)c1)NCc1nc(C)c(C)s1. The lowest BCUT2D eigenvalue weighted by Crippen LogP contribution is -2.38. The summed E-state index contributed by atoms with van der Waals surface area (Å²) < 4.78 is 18.5. The Morgan fingerprint density at radius 1 is 1.35 bits per heavy atom. The molecule has 0 aliphatic heterocycles. The second-order valence-electron chi connectivity index (χ2n) is 4.91. The molecular formula is C16H21FN4OS. The lowest BCUT2D eigenvalue weighted by atomic mass is 10.3. The number of aliphatic imine (C=N–C) groups is 1. The Hall–Kier alpha value is -2.15. The van der Waals surface area contributed by atoms with E-state index >= 15 is 0 Å². The summed E-state index contributed by atoms with van der Waals surface area (Å²) in [5, 5.41) is 7.38. The molecule has 23 heavy (non-hydrogen) atoms. The highest BCUT2D eigenvalue weighted by atomic mass is 32.1. The molecule has 7 heteroatoms. The van der Waals surface area contributed by atoms with E-state index in [9.17, 15) is 4.39 Å². The Bertz CT molecular complexity index is 652. The van der Waals surface area contributed by atoms with E-state index in [1.807, 2.05) is 6.92 Å². The summed E-state index contributed by atoms with van der Waals surface area (Å²) >= 11 is 1.68. The average molecular weight is 336 g/mol. The van der Waals surface area contributed by atoms with Crippen LogP contribution in [0.15, 0.2) is 29.3 Å². The highest BCUT2D eigenvalue weighted by Gasteiger charge is 2.04. The van der Waals surface area contributed by atoms with Crippen molar-refractivity contribution >= 4 is 17.3 Å². The molecule has 0 spiro atoms. The molecule has 1 aromatic heterocycles. The monoisotopic (exact) mass is 336 g/mol. The molecule has 0 aliphatic carbocycles. The summed E-state index contributed by atoms with van der Waals surface area (Å²) in [5.74, 6) is 0.892. The van der Waals surface area contributed by atoms with Gasteiger partial charge < -0.3 is 15.4 Å². The van der Waals surface area contributed by atoms with E-state index in [-0.39, 0.29) is 5.82 Å². The summed E-state index contributed by atoms with van der Waals surface area (Å²) in [6.45, 7) is 5.68. The molecule has 0 bridgehead atoms. The lowest BCUT2D eigenvalue weighted by molar-refractivity contribution is 0.320. The minimum Gasteiger partial charge on any atom is -0.492 e. The Kier molecular flexibility index (Phi) is 6.34. The molecule has 0 amide bonds. The maximum absolute atomic E-state index is 13.0. The quantitative estimate of drug-likeness (QED) is 0.484. The van der Waals surface area contributed by atoms with Gasteiger partial charge in [0.05, 0.1) is 18.8 Å². The average Bonchev–Trinajstić information content (AvgIpc) is 2.85. The Balaban J connectivity index is 1.70. The zero-order chi connectivity index (χ0) is 16.7. The first-order chi connectivity index (χ1) is 11.1. The number of benzene rings is 1. The van der Waals surface area contributed by atoms with Crippen LogP contribution in [0.25, 0.3) is 0 Å². The minimum atomic E-state index is -0.304. The molecule has 0 fully saturated rings. The van der Waals surface area contributed by atoms with Crippen LogP contribution in [0.3, 0.4) is 0 Å². The highest BCUT2D eigenvalue weighted by molar-refractivity contribution is 7.11. The molecule has 0 atom stereocenters. The number of hydrogen-bond acceptors (Lipinski definition) is 4.